The van der Waals surface area contributed by atoms with Gasteiger partial charge in [0, 0.05) is 13.1 Å². The number of likely N-dealkylation sites (N-methyl/N-ethyl adjacent to an activating group) is 1. The summed E-state index contributed by atoms with van der Waals surface area (Å²) in [4.78, 5) is 2.11. The Kier molecular flexibility index (Phi) is 4.42. The molecule has 102 valence electrons. The van der Waals surface area contributed by atoms with E-state index in [1.165, 1.54) is 0 Å². The number of hydrogen-bond donors (Lipinski definition) is 2. The van der Waals surface area contributed by atoms with Crippen LogP contribution in [-0.4, -0.2) is 53.5 Å². The summed E-state index contributed by atoms with van der Waals surface area (Å²) in [5.74, 6) is 0. The van der Waals surface area contributed by atoms with Crippen molar-refractivity contribution < 1.29 is 5.11 Å². The number of rotatable bonds is 4. The monoisotopic (exact) mass is 316 g/mol. The maximum Gasteiger partial charge on any atom is 0.120 e. The van der Waals surface area contributed by atoms with Crippen molar-refractivity contribution >= 4 is 15.9 Å². The van der Waals surface area contributed by atoms with Crippen molar-refractivity contribution in [2.75, 3.05) is 33.7 Å². The fraction of sp³-hybridized carbons (Fsp3) is 0.750. The van der Waals surface area contributed by atoms with E-state index >= 15 is 0 Å². The van der Waals surface area contributed by atoms with Crippen molar-refractivity contribution in [3.05, 3.63) is 16.4 Å². The SMILES string of the molecule is CN(C)CCn1ncc(Br)c1C1(O)CCCNC1. The van der Waals surface area contributed by atoms with Crippen molar-refractivity contribution in [2.24, 2.45) is 0 Å². The van der Waals surface area contributed by atoms with Crippen molar-refractivity contribution in [2.45, 2.75) is 25.0 Å². The molecule has 2 N–H and O–H groups in total. The Morgan fingerprint density at radius 2 is 2.39 bits per heavy atom. The van der Waals surface area contributed by atoms with Gasteiger partial charge in [0.2, 0.25) is 0 Å². The summed E-state index contributed by atoms with van der Waals surface area (Å²) in [5.41, 5.74) is 0.0939. The van der Waals surface area contributed by atoms with Gasteiger partial charge in [0.25, 0.3) is 0 Å². The second kappa shape index (κ2) is 5.69. The van der Waals surface area contributed by atoms with E-state index in [2.05, 4.69) is 31.2 Å². The molecule has 0 aromatic carbocycles. The summed E-state index contributed by atoms with van der Waals surface area (Å²) < 4.78 is 2.81. The number of β-amino-alcohol motifs (C(OH)–C–C–N with tert-alkyl or cyclic N) is 1. The van der Waals surface area contributed by atoms with Gasteiger partial charge in [-0.15, -0.1) is 0 Å². The molecular formula is C12H21BrN4O. The van der Waals surface area contributed by atoms with Crippen LogP contribution in [0.1, 0.15) is 18.5 Å². The Labute approximate surface area is 116 Å². The standard InChI is InChI=1S/C12H21BrN4O/c1-16(2)6-7-17-11(10(13)8-15-17)12(18)4-3-5-14-9-12/h8,14,18H,3-7,9H2,1-2H3. The van der Waals surface area contributed by atoms with Crippen LogP contribution in [0.2, 0.25) is 0 Å². The number of halogens is 1. The molecule has 2 rings (SSSR count). The number of hydrogen-bond acceptors (Lipinski definition) is 4. The van der Waals surface area contributed by atoms with Crippen molar-refractivity contribution in [3.8, 4) is 0 Å². The van der Waals surface area contributed by atoms with Crippen LogP contribution in [0.25, 0.3) is 0 Å². The molecule has 0 bridgehead atoms. The first-order valence-corrected chi connectivity index (χ1v) is 7.12. The first-order valence-electron chi connectivity index (χ1n) is 6.32. The normalized spacial score (nSPS) is 24.7. The Balaban J connectivity index is 2.22. The van der Waals surface area contributed by atoms with Gasteiger partial charge in [-0.05, 0) is 49.4 Å². The molecule has 2 heterocycles. The maximum atomic E-state index is 10.8. The van der Waals surface area contributed by atoms with Crippen molar-refractivity contribution in [1.29, 1.82) is 0 Å². The van der Waals surface area contributed by atoms with Crippen LogP contribution < -0.4 is 5.32 Å². The smallest absolute Gasteiger partial charge is 0.120 e. The highest BCUT2D eigenvalue weighted by Gasteiger charge is 2.36. The van der Waals surface area contributed by atoms with E-state index in [1.54, 1.807) is 6.20 Å². The molecule has 5 nitrogen and oxygen atoms in total. The molecule has 0 radical (unpaired) electrons. The molecule has 18 heavy (non-hydrogen) atoms. The van der Waals surface area contributed by atoms with E-state index in [1.807, 2.05) is 18.8 Å². The van der Waals surface area contributed by atoms with Crippen molar-refractivity contribution in [1.82, 2.24) is 20.0 Å². The molecule has 6 heteroatoms. The molecule has 0 spiro atoms. The third-order valence-electron chi connectivity index (χ3n) is 3.36. The number of nitrogens with zero attached hydrogens (tertiary/aromatic N) is 3. The molecule has 1 aliphatic heterocycles. The first-order chi connectivity index (χ1) is 8.53. The van der Waals surface area contributed by atoms with Gasteiger partial charge < -0.3 is 15.3 Å². The summed E-state index contributed by atoms with van der Waals surface area (Å²) in [6.45, 7) is 3.27. The lowest BCUT2D eigenvalue weighted by Gasteiger charge is -2.33. The largest absolute Gasteiger partial charge is 0.382 e. The van der Waals surface area contributed by atoms with Gasteiger partial charge in [-0.3, -0.25) is 4.68 Å². The molecule has 1 aromatic rings. The van der Waals surface area contributed by atoms with Gasteiger partial charge in [0.15, 0.2) is 0 Å². The first kappa shape index (κ1) is 14.0. The lowest BCUT2D eigenvalue weighted by molar-refractivity contribution is 0.00299. The molecule has 0 amide bonds. The zero-order valence-electron chi connectivity index (χ0n) is 11.0. The van der Waals surface area contributed by atoms with Gasteiger partial charge >= 0.3 is 0 Å². The van der Waals surface area contributed by atoms with E-state index in [-0.39, 0.29) is 0 Å². The molecule has 0 saturated carbocycles. The highest BCUT2D eigenvalue weighted by Crippen LogP contribution is 2.33. The minimum Gasteiger partial charge on any atom is -0.382 e. The minimum atomic E-state index is -0.806. The predicted molar refractivity (Wildman–Crippen MR) is 74.5 cm³/mol. The van der Waals surface area contributed by atoms with Crippen LogP contribution >= 0.6 is 15.9 Å². The molecular weight excluding hydrogens is 296 g/mol. The van der Waals surface area contributed by atoms with Crippen LogP contribution in [-0.2, 0) is 12.1 Å². The molecule has 1 atom stereocenters. The predicted octanol–water partition coefficient (Wildman–Crippen LogP) is 0.778. The number of aromatic nitrogens is 2. The summed E-state index contributed by atoms with van der Waals surface area (Å²) in [7, 11) is 4.07. The second-order valence-electron chi connectivity index (χ2n) is 5.18. The molecule has 1 saturated heterocycles. The zero-order valence-corrected chi connectivity index (χ0v) is 12.6. The van der Waals surface area contributed by atoms with E-state index in [0.717, 1.165) is 42.6 Å². The Morgan fingerprint density at radius 3 is 3.00 bits per heavy atom. The fourth-order valence-corrected chi connectivity index (χ4v) is 3.05. The second-order valence-corrected chi connectivity index (χ2v) is 6.03. The third kappa shape index (κ3) is 2.93. The van der Waals surface area contributed by atoms with E-state index < -0.39 is 5.60 Å². The van der Waals surface area contributed by atoms with Crippen molar-refractivity contribution in [3.63, 3.8) is 0 Å². The highest BCUT2D eigenvalue weighted by molar-refractivity contribution is 9.10. The van der Waals surface area contributed by atoms with E-state index in [4.69, 9.17) is 0 Å². The van der Waals surface area contributed by atoms with E-state index in [0.29, 0.717) is 6.54 Å². The average Bonchev–Trinajstić information content (AvgIpc) is 2.69. The Hall–Kier alpha value is -0.430. The van der Waals surface area contributed by atoms with Gasteiger partial charge in [0.1, 0.15) is 5.60 Å². The summed E-state index contributed by atoms with van der Waals surface area (Å²) in [6.07, 6.45) is 3.55. The van der Waals surface area contributed by atoms with Crippen LogP contribution in [0.15, 0.2) is 10.7 Å². The quantitative estimate of drug-likeness (QED) is 0.862. The molecule has 1 aliphatic rings. The number of piperidine rings is 1. The lowest BCUT2D eigenvalue weighted by atomic mass is 9.90. The van der Waals surface area contributed by atoms with Gasteiger partial charge in [-0.2, -0.15) is 5.10 Å². The van der Waals surface area contributed by atoms with Crippen LogP contribution in [0, 0.1) is 0 Å². The topological polar surface area (TPSA) is 53.3 Å². The number of aliphatic hydroxyl groups is 1. The fourth-order valence-electron chi connectivity index (χ4n) is 2.38. The van der Waals surface area contributed by atoms with Crippen LogP contribution in [0.3, 0.4) is 0 Å². The summed E-state index contributed by atoms with van der Waals surface area (Å²) in [6, 6.07) is 0. The van der Waals surface area contributed by atoms with Gasteiger partial charge in [-0.25, -0.2) is 0 Å². The highest BCUT2D eigenvalue weighted by atomic mass is 79.9. The van der Waals surface area contributed by atoms with E-state index in [9.17, 15) is 5.11 Å². The van der Waals surface area contributed by atoms with Gasteiger partial charge in [0.05, 0.1) is 22.9 Å². The molecule has 1 unspecified atom stereocenters. The zero-order chi connectivity index (χ0) is 13.2. The Morgan fingerprint density at radius 1 is 1.61 bits per heavy atom. The maximum absolute atomic E-state index is 10.8. The summed E-state index contributed by atoms with van der Waals surface area (Å²) >= 11 is 3.51. The van der Waals surface area contributed by atoms with Crippen LogP contribution in [0.4, 0.5) is 0 Å². The number of nitrogens with one attached hydrogen (secondary N) is 1. The molecule has 1 fully saturated rings. The minimum absolute atomic E-state index is 0.596. The van der Waals surface area contributed by atoms with Gasteiger partial charge in [-0.1, -0.05) is 0 Å². The Bertz CT molecular complexity index is 399. The lowest BCUT2D eigenvalue weighted by Crippen LogP contribution is -2.45. The average molecular weight is 317 g/mol. The third-order valence-corrected chi connectivity index (χ3v) is 3.94. The molecule has 0 aliphatic carbocycles. The van der Waals surface area contributed by atoms with Crippen LogP contribution in [0.5, 0.6) is 0 Å². The molecule has 1 aromatic heterocycles. The summed E-state index contributed by atoms with van der Waals surface area (Å²) in [5, 5.41) is 18.4.